The summed E-state index contributed by atoms with van der Waals surface area (Å²) >= 11 is 0. The molecule has 3 heteroatoms. The zero-order valence-corrected chi connectivity index (χ0v) is 12.7. The molecule has 1 rings (SSSR count). The molecule has 0 saturated carbocycles. The summed E-state index contributed by atoms with van der Waals surface area (Å²) in [6.07, 6.45) is 5.87. The molecule has 3 unspecified atom stereocenters. The summed E-state index contributed by atoms with van der Waals surface area (Å²) in [5, 5.41) is 13.9. The van der Waals surface area contributed by atoms with E-state index < -0.39 is 5.60 Å². The number of β-amino-alcohol motifs (C(OH)–C–C–N with tert-alkyl or cyclic N) is 1. The third-order valence-electron chi connectivity index (χ3n) is 4.26. The molecular weight excluding hydrogens is 224 g/mol. The predicted molar refractivity (Wildman–Crippen MR) is 77.9 cm³/mol. The summed E-state index contributed by atoms with van der Waals surface area (Å²) < 4.78 is 0. The first-order valence-corrected chi connectivity index (χ1v) is 7.70. The van der Waals surface area contributed by atoms with Gasteiger partial charge < -0.3 is 10.4 Å². The summed E-state index contributed by atoms with van der Waals surface area (Å²) in [4.78, 5) is 2.50. The number of rotatable bonds is 7. The van der Waals surface area contributed by atoms with E-state index >= 15 is 0 Å². The molecule has 1 aliphatic heterocycles. The lowest BCUT2D eigenvalue weighted by molar-refractivity contribution is -0.0118. The zero-order chi connectivity index (χ0) is 13.6. The van der Waals surface area contributed by atoms with Crippen LogP contribution in [0.3, 0.4) is 0 Å². The Morgan fingerprint density at radius 2 is 2.11 bits per heavy atom. The Labute approximate surface area is 113 Å². The first-order valence-electron chi connectivity index (χ1n) is 7.70. The largest absolute Gasteiger partial charge is 0.389 e. The van der Waals surface area contributed by atoms with Crippen LogP contribution in [0.1, 0.15) is 59.8 Å². The minimum atomic E-state index is -0.542. The smallest absolute Gasteiger partial charge is 0.0743 e. The van der Waals surface area contributed by atoms with E-state index in [0.29, 0.717) is 12.1 Å². The average Bonchev–Trinajstić information content (AvgIpc) is 2.36. The molecule has 1 heterocycles. The van der Waals surface area contributed by atoms with Crippen molar-refractivity contribution in [3.8, 4) is 0 Å². The maximum Gasteiger partial charge on any atom is 0.0743 e. The van der Waals surface area contributed by atoms with Crippen LogP contribution < -0.4 is 5.32 Å². The molecule has 1 aliphatic rings. The van der Waals surface area contributed by atoms with E-state index in [1.165, 1.54) is 25.7 Å². The van der Waals surface area contributed by atoms with E-state index in [1.54, 1.807) is 0 Å². The van der Waals surface area contributed by atoms with Crippen LogP contribution in [0, 0.1) is 0 Å². The summed E-state index contributed by atoms with van der Waals surface area (Å²) in [5.74, 6) is 0. The topological polar surface area (TPSA) is 35.5 Å². The van der Waals surface area contributed by atoms with Crippen molar-refractivity contribution >= 4 is 0 Å². The molecule has 108 valence electrons. The van der Waals surface area contributed by atoms with E-state index in [2.05, 4.69) is 31.0 Å². The molecule has 2 N–H and O–H groups in total. The lowest BCUT2D eigenvalue weighted by Crippen LogP contribution is -2.55. The quantitative estimate of drug-likeness (QED) is 0.734. The van der Waals surface area contributed by atoms with Crippen LogP contribution in [-0.2, 0) is 0 Å². The fraction of sp³-hybridized carbons (Fsp3) is 1.00. The van der Waals surface area contributed by atoms with Gasteiger partial charge in [-0.05, 0) is 52.6 Å². The number of nitrogens with zero attached hydrogens (tertiary/aromatic N) is 1. The third-order valence-corrected chi connectivity index (χ3v) is 4.26. The average molecular weight is 256 g/mol. The summed E-state index contributed by atoms with van der Waals surface area (Å²) in [7, 11) is 0. The highest BCUT2D eigenvalue weighted by atomic mass is 16.3. The van der Waals surface area contributed by atoms with Crippen LogP contribution >= 0.6 is 0 Å². The van der Waals surface area contributed by atoms with Crippen molar-refractivity contribution in [1.29, 1.82) is 0 Å². The first kappa shape index (κ1) is 15.9. The number of hydrogen-bond acceptors (Lipinski definition) is 3. The predicted octanol–water partition coefficient (Wildman–Crippen LogP) is 2.39. The molecule has 0 bridgehead atoms. The summed E-state index contributed by atoms with van der Waals surface area (Å²) in [6.45, 7) is 11.6. The van der Waals surface area contributed by atoms with Gasteiger partial charge in [-0.2, -0.15) is 0 Å². The number of likely N-dealkylation sites (tertiary alicyclic amines) is 1. The van der Waals surface area contributed by atoms with Crippen LogP contribution in [-0.4, -0.2) is 47.3 Å². The normalized spacial score (nSPS) is 26.8. The minimum absolute atomic E-state index is 0.526. The molecule has 0 aromatic carbocycles. The third kappa shape index (κ3) is 4.87. The Morgan fingerprint density at radius 3 is 2.72 bits per heavy atom. The van der Waals surface area contributed by atoms with E-state index in [9.17, 15) is 5.11 Å². The van der Waals surface area contributed by atoms with Gasteiger partial charge in [0, 0.05) is 18.6 Å². The second-order valence-corrected chi connectivity index (χ2v) is 6.13. The van der Waals surface area contributed by atoms with Crippen LogP contribution in [0.4, 0.5) is 0 Å². The second kappa shape index (κ2) is 7.46. The Hall–Kier alpha value is -0.120. The summed E-state index contributed by atoms with van der Waals surface area (Å²) in [6, 6.07) is 1.11. The fourth-order valence-electron chi connectivity index (χ4n) is 2.84. The Balaban J connectivity index is 2.56. The molecule has 0 aromatic rings. The minimum Gasteiger partial charge on any atom is -0.389 e. The monoisotopic (exact) mass is 256 g/mol. The van der Waals surface area contributed by atoms with Gasteiger partial charge in [-0.15, -0.1) is 0 Å². The molecule has 0 amide bonds. The molecule has 1 fully saturated rings. The van der Waals surface area contributed by atoms with Gasteiger partial charge in [0.15, 0.2) is 0 Å². The highest BCUT2D eigenvalue weighted by molar-refractivity contribution is 4.88. The molecule has 3 nitrogen and oxygen atoms in total. The van der Waals surface area contributed by atoms with Crippen molar-refractivity contribution in [2.45, 2.75) is 77.5 Å². The number of hydrogen-bond donors (Lipinski definition) is 2. The summed E-state index contributed by atoms with van der Waals surface area (Å²) in [5.41, 5.74) is -0.542. The fourth-order valence-corrected chi connectivity index (χ4v) is 2.84. The van der Waals surface area contributed by atoms with Gasteiger partial charge >= 0.3 is 0 Å². The van der Waals surface area contributed by atoms with Crippen molar-refractivity contribution in [3.05, 3.63) is 0 Å². The molecule has 1 saturated heterocycles. The zero-order valence-electron chi connectivity index (χ0n) is 12.7. The number of nitrogens with one attached hydrogen (secondary N) is 1. The van der Waals surface area contributed by atoms with Crippen molar-refractivity contribution < 1.29 is 5.11 Å². The van der Waals surface area contributed by atoms with E-state index in [4.69, 9.17) is 0 Å². The van der Waals surface area contributed by atoms with Crippen LogP contribution in [0.5, 0.6) is 0 Å². The van der Waals surface area contributed by atoms with Crippen LogP contribution in [0.25, 0.3) is 0 Å². The molecule has 3 atom stereocenters. The van der Waals surface area contributed by atoms with Crippen molar-refractivity contribution in [1.82, 2.24) is 10.2 Å². The molecule has 0 aliphatic carbocycles. The Bertz CT molecular complexity index is 231. The van der Waals surface area contributed by atoms with Crippen LogP contribution in [0.15, 0.2) is 0 Å². The van der Waals surface area contributed by atoms with Gasteiger partial charge in [0.1, 0.15) is 0 Å². The Kier molecular flexibility index (Phi) is 6.61. The maximum absolute atomic E-state index is 10.3. The maximum atomic E-state index is 10.3. The van der Waals surface area contributed by atoms with Gasteiger partial charge in [-0.25, -0.2) is 0 Å². The molecule has 18 heavy (non-hydrogen) atoms. The molecule has 0 radical (unpaired) electrons. The SMILES string of the molecule is CCCNC(C)C1CCCCN1CC(C)(O)CC. The molecule has 0 spiro atoms. The van der Waals surface area contributed by atoms with E-state index in [-0.39, 0.29) is 0 Å². The van der Waals surface area contributed by atoms with Gasteiger partial charge in [0.25, 0.3) is 0 Å². The van der Waals surface area contributed by atoms with Crippen LogP contribution in [0.2, 0.25) is 0 Å². The van der Waals surface area contributed by atoms with E-state index in [1.807, 2.05) is 6.92 Å². The van der Waals surface area contributed by atoms with Gasteiger partial charge in [0.05, 0.1) is 5.60 Å². The molecule has 0 aromatic heterocycles. The molecular formula is C15H32N2O. The van der Waals surface area contributed by atoms with Gasteiger partial charge in [-0.3, -0.25) is 4.90 Å². The lowest BCUT2D eigenvalue weighted by atomic mass is 9.93. The van der Waals surface area contributed by atoms with Crippen molar-refractivity contribution in [2.24, 2.45) is 0 Å². The number of piperidine rings is 1. The van der Waals surface area contributed by atoms with Crippen molar-refractivity contribution in [2.75, 3.05) is 19.6 Å². The number of aliphatic hydroxyl groups is 1. The first-order chi connectivity index (χ1) is 8.50. The lowest BCUT2D eigenvalue weighted by Gasteiger charge is -2.42. The van der Waals surface area contributed by atoms with Gasteiger partial charge in [-0.1, -0.05) is 20.3 Å². The Morgan fingerprint density at radius 1 is 1.39 bits per heavy atom. The van der Waals surface area contributed by atoms with E-state index in [0.717, 1.165) is 26.1 Å². The highest BCUT2D eigenvalue weighted by Gasteiger charge is 2.31. The van der Waals surface area contributed by atoms with Gasteiger partial charge in [0.2, 0.25) is 0 Å². The van der Waals surface area contributed by atoms with Crippen molar-refractivity contribution in [3.63, 3.8) is 0 Å². The second-order valence-electron chi connectivity index (χ2n) is 6.13. The highest BCUT2D eigenvalue weighted by Crippen LogP contribution is 2.23. The standard InChI is InChI=1S/C15H32N2O/c1-5-10-16-13(3)14-9-7-8-11-17(14)12-15(4,18)6-2/h13-14,16,18H,5-12H2,1-4H3.